The molecule has 10 heteroatoms. The summed E-state index contributed by atoms with van der Waals surface area (Å²) in [6.07, 6.45) is 2.91. The molecule has 0 saturated carbocycles. The number of primary amides is 1. The van der Waals surface area contributed by atoms with Gasteiger partial charge in [0, 0.05) is 36.6 Å². The highest BCUT2D eigenvalue weighted by molar-refractivity contribution is 5.95. The average molecular weight is 464 g/mol. The number of hydrogen-bond acceptors (Lipinski definition) is 6. The van der Waals surface area contributed by atoms with E-state index in [1.165, 1.54) is 41.6 Å². The second-order valence-electron chi connectivity index (χ2n) is 8.04. The van der Waals surface area contributed by atoms with Gasteiger partial charge < -0.3 is 20.5 Å². The number of carboxylic acids is 1. The summed E-state index contributed by atoms with van der Waals surface area (Å²) in [7, 11) is 0. The van der Waals surface area contributed by atoms with E-state index in [1.807, 2.05) is 0 Å². The minimum absolute atomic E-state index is 0.0172. The second-order valence-corrected chi connectivity index (χ2v) is 8.04. The van der Waals surface area contributed by atoms with Crippen LogP contribution in [0.25, 0.3) is 11.4 Å². The van der Waals surface area contributed by atoms with E-state index in [-0.39, 0.29) is 37.6 Å². The van der Waals surface area contributed by atoms with Crippen molar-refractivity contribution in [1.82, 2.24) is 14.9 Å². The lowest BCUT2D eigenvalue weighted by molar-refractivity contribution is -0.149. The molecule has 1 fully saturated rings. The number of nitrogens with two attached hydrogens (primary N) is 1. The van der Waals surface area contributed by atoms with Gasteiger partial charge in [-0.3, -0.25) is 14.4 Å². The van der Waals surface area contributed by atoms with Gasteiger partial charge in [-0.05, 0) is 55.0 Å². The number of ether oxygens (including phenoxy) is 1. The number of benzene rings is 2. The van der Waals surface area contributed by atoms with Crippen molar-refractivity contribution in [3.8, 4) is 17.1 Å². The molecule has 1 aliphatic rings. The normalized spacial score (nSPS) is 17.4. The molecule has 1 saturated heterocycles. The maximum atomic E-state index is 13.1. The molecule has 0 aliphatic carbocycles. The van der Waals surface area contributed by atoms with Crippen LogP contribution in [0.1, 0.15) is 27.1 Å². The van der Waals surface area contributed by atoms with E-state index in [1.54, 1.807) is 24.3 Å². The molecule has 1 unspecified atom stereocenters. The molecular formula is C24H21FN4O5. The first-order chi connectivity index (χ1) is 16.3. The summed E-state index contributed by atoms with van der Waals surface area (Å²) in [5.74, 6) is -1.64. The van der Waals surface area contributed by atoms with Crippen LogP contribution in [0.4, 0.5) is 4.39 Å². The number of halogens is 1. The summed E-state index contributed by atoms with van der Waals surface area (Å²) in [6, 6.07) is 11.9. The van der Waals surface area contributed by atoms with Crippen LogP contribution < -0.4 is 10.5 Å². The Labute approximate surface area is 194 Å². The number of hydrogen-bond donors (Lipinski definition) is 2. The molecule has 3 aromatic rings. The highest BCUT2D eigenvalue weighted by Crippen LogP contribution is 2.33. The third-order valence-electron chi connectivity index (χ3n) is 5.75. The van der Waals surface area contributed by atoms with Crippen molar-refractivity contribution in [2.24, 2.45) is 11.1 Å². The third-order valence-corrected chi connectivity index (χ3v) is 5.75. The molecule has 0 radical (unpaired) electrons. The summed E-state index contributed by atoms with van der Waals surface area (Å²) in [5.41, 5.74) is 5.10. The fourth-order valence-corrected chi connectivity index (χ4v) is 3.70. The molecule has 1 aromatic heterocycles. The number of carboxylic acid groups (broad SMARTS) is 1. The third kappa shape index (κ3) is 4.70. The minimum Gasteiger partial charge on any atom is -0.492 e. The van der Waals surface area contributed by atoms with Crippen LogP contribution in [0.5, 0.6) is 5.75 Å². The lowest BCUT2D eigenvalue weighted by Crippen LogP contribution is -2.41. The summed E-state index contributed by atoms with van der Waals surface area (Å²) >= 11 is 0. The Balaban J connectivity index is 1.41. The number of likely N-dealkylation sites (tertiary alicyclic amines) is 1. The van der Waals surface area contributed by atoms with Crippen LogP contribution in [0.2, 0.25) is 0 Å². The van der Waals surface area contributed by atoms with E-state index in [0.29, 0.717) is 22.7 Å². The van der Waals surface area contributed by atoms with Crippen LogP contribution >= 0.6 is 0 Å². The fraction of sp³-hybridized carbons (Fsp3) is 0.208. The molecule has 4 rings (SSSR count). The lowest BCUT2D eigenvalue weighted by atomic mass is 9.88. The molecule has 2 amide bonds. The van der Waals surface area contributed by atoms with E-state index >= 15 is 0 Å². The predicted molar refractivity (Wildman–Crippen MR) is 118 cm³/mol. The van der Waals surface area contributed by atoms with E-state index in [9.17, 15) is 23.9 Å². The van der Waals surface area contributed by atoms with Crippen molar-refractivity contribution < 1.29 is 28.6 Å². The van der Waals surface area contributed by atoms with Crippen LogP contribution in [0.15, 0.2) is 60.9 Å². The van der Waals surface area contributed by atoms with Crippen LogP contribution in [-0.2, 0) is 4.79 Å². The zero-order valence-electron chi connectivity index (χ0n) is 18.0. The first-order valence-corrected chi connectivity index (χ1v) is 10.4. The lowest BCUT2D eigenvalue weighted by Gasteiger charge is -2.25. The van der Waals surface area contributed by atoms with Gasteiger partial charge in [0.25, 0.3) is 11.8 Å². The molecule has 34 heavy (non-hydrogen) atoms. The minimum atomic E-state index is -1.26. The highest BCUT2D eigenvalue weighted by atomic mass is 19.1. The largest absolute Gasteiger partial charge is 0.492 e. The van der Waals surface area contributed by atoms with E-state index in [0.717, 1.165) is 0 Å². The quantitative estimate of drug-likeness (QED) is 0.548. The van der Waals surface area contributed by atoms with Crippen molar-refractivity contribution >= 4 is 17.8 Å². The van der Waals surface area contributed by atoms with E-state index in [4.69, 9.17) is 10.5 Å². The van der Waals surface area contributed by atoms with Crippen molar-refractivity contribution in [1.29, 1.82) is 0 Å². The Morgan fingerprint density at radius 2 is 1.68 bits per heavy atom. The summed E-state index contributed by atoms with van der Waals surface area (Å²) in [4.78, 5) is 45.6. The van der Waals surface area contributed by atoms with Crippen molar-refractivity contribution in [3.05, 3.63) is 77.9 Å². The zero-order chi connectivity index (χ0) is 24.3. The van der Waals surface area contributed by atoms with Gasteiger partial charge in [0.15, 0.2) is 5.82 Å². The first-order valence-electron chi connectivity index (χ1n) is 10.4. The molecule has 0 spiro atoms. The maximum absolute atomic E-state index is 13.1. The second kappa shape index (κ2) is 9.26. The summed E-state index contributed by atoms with van der Waals surface area (Å²) < 4.78 is 18.9. The van der Waals surface area contributed by atoms with Crippen LogP contribution in [-0.4, -0.2) is 57.5 Å². The van der Waals surface area contributed by atoms with Crippen molar-refractivity contribution in [2.75, 3.05) is 19.7 Å². The number of aromatic nitrogens is 2. The molecule has 174 valence electrons. The highest BCUT2D eigenvalue weighted by Gasteiger charge is 2.47. The van der Waals surface area contributed by atoms with Crippen molar-refractivity contribution in [2.45, 2.75) is 6.42 Å². The zero-order valence-corrected chi connectivity index (χ0v) is 18.0. The molecule has 1 aliphatic heterocycles. The van der Waals surface area contributed by atoms with Crippen molar-refractivity contribution in [3.63, 3.8) is 0 Å². The van der Waals surface area contributed by atoms with Crippen LogP contribution in [0, 0.1) is 11.2 Å². The molecule has 0 bridgehead atoms. The molecule has 2 heterocycles. The number of aliphatic carboxylic acids is 1. The fourth-order valence-electron chi connectivity index (χ4n) is 3.70. The van der Waals surface area contributed by atoms with Gasteiger partial charge in [-0.15, -0.1) is 0 Å². The Hall–Kier alpha value is -4.34. The topological polar surface area (TPSA) is 136 Å². The number of amides is 2. The van der Waals surface area contributed by atoms with Gasteiger partial charge in [-0.25, -0.2) is 14.4 Å². The molecule has 2 aromatic carbocycles. The number of carbonyl (C=O) groups excluding carboxylic acids is 2. The number of carbonyl (C=O) groups is 3. The van der Waals surface area contributed by atoms with Gasteiger partial charge >= 0.3 is 5.97 Å². The first kappa shape index (κ1) is 22.8. The SMILES string of the molecule is NC(=O)c1cnc(-c2ccc(OCC3(C(=O)O)CCN(C(=O)c4ccc(F)cc4)C3)cc2)nc1. The molecular weight excluding hydrogens is 443 g/mol. The van der Waals surface area contributed by atoms with Gasteiger partial charge in [0.1, 0.15) is 23.6 Å². The predicted octanol–water partition coefficient (Wildman–Crippen LogP) is 2.38. The molecule has 1 atom stereocenters. The number of nitrogens with zero attached hydrogens (tertiary/aromatic N) is 3. The van der Waals surface area contributed by atoms with E-state index in [2.05, 4.69) is 9.97 Å². The Kier molecular flexibility index (Phi) is 6.22. The molecule has 3 N–H and O–H groups in total. The van der Waals surface area contributed by atoms with E-state index < -0.39 is 23.1 Å². The Morgan fingerprint density at radius 1 is 1.03 bits per heavy atom. The van der Waals surface area contributed by atoms with Gasteiger partial charge in [-0.2, -0.15) is 0 Å². The van der Waals surface area contributed by atoms with Gasteiger partial charge in [0.05, 0.1) is 5.56 Å². The monoisotopic (exact) mass is 464 g/mol. The standard InChI is InChI=1S/C24H21FN4O5/c25-18-5-1-16(2-6-18)22(31)29-10-9-24(13-29,23(32)33)14-34-19-7-3-15(4-8-19)21-27-11-17(12-28-21)20(26)30/h1-8,11-12H,9-10,13-14H2,(H2,26,30)(H,32,33). The Bertz CT molecular complexity index is 1220. The van der Waals surface area contributed by atoms with Gasteiger partial charge in [0.2, 0.25) is 0 Å². The number of rotatable bonds is 7. The summed E-state index contributed by atoms with van der Waals surface area (Å²) in [5, 5.41) is 9.89. The maximum Gasteiger partial charge on any atom is 0.315 e. The Morgan fingerprint density at radius 3 is 2.26 bits per heavy atom. The van der Waals surface area contributed by atoms with Crippen LogP contribution in [0.3, 0.4) is 0 Å². The average Bonchev–Trinajstić information content (AvgIpc) is 3.29. The molecule has 9 nitrogen and oxygen atoms in total. The van der Waals surface area contributed by atoms with Gasteiger partial charge in [-0.1, -0.05) is 0 Å². The summed E-state index contributed by atoms with van der Waals surface area (Å²) in [6.45, 7) is 0.110. The smallest absolute Gasteiger partial charge is 0.315 e.